The highest BCUT2D eigenvalue weighted by Gasteiger charge is 2.44. The molecule has 2 heterocycles. The Balaban J connectivity index is 1.63. The van der Waals surface area contributed by atoms with E-state index < -0.39 is 15.9 Å². The molecule has 9 heteroatoms. The molecule has 2 atom stereocenters. The van der Waals surface area contributed by atoms with Crippen LogP contribution < -0.4 is 10.1 Å². The fourth-order valence-corrected chi connectivity index (χ4v) is 5.71. The molecule has 0 radical (unpaired) electrons. The van der Waals surface area contributed by atoms with Gasteiger partial charge in [-0.15, -0.1) is 0 Å². The second-order valence-electron chi connectivity index (χ2n) is 7.81. The van der Waals surface area contributed by atoms with Crippen LogP contribution in [-0.4, -0.2) is 43.8 Å². The Morgan fingerprint density at radius 1 is 1.12 bits per heavy atom. The molecule has 1 fully saturated rings. The van der Waals surface area contributed by atoms with E-state index in [-0.39, 0.29) is 29.8 Å². The van der Waals surface area contributed by atoms with Crippen LogP contribution in [0.3, 0.4) is 0 Å². The summed E-state index contributed by atoms with van der Waals surface area (Å²) < 4.78 is 33.5. The summed E-state index contributed by atoms with van der Waals surface area (Å²) in [6.45, 7) is 0.536. The molecule has 33 heavy (non-hydrogen) atoms. The number of rotatable bonds is 7. The van der Waals surface area contributed by atoms with Crippen molar-refractivity contribution in [1.29, 1.82) is 0 Å². The number of carbonyl (C=O) groups excluding carboxylic acids is 1. The van der Waals surface area contributed by atoms with E-state index in [0.29, 0.717) is 17.3 Å². The number of benzene rings is 2. The minimum atomic E-state index is -3.81. The third kappa shape index (κ3) is 5.03. The number of halogens is 1. The van der Waals surface area contributed by atoms with E-state index in [0.717, 1.165) is 11.1 Å². The number of nitrogens with one attached hydrogen (secondary N) is 1. The van der Waals surface area contributed by atoms with Crippen molar-refractivity contribution in [3.05, 3.63) is 89.2 Å². The maximum Gasteiger partial charge on any atom is 0.243 e. The molecule has 0 aliphatic carbocycles. The molecule has 1 aliphatic heterocycles. The van der Waals surface area contributed by atoms with Gasteiger partial charge >= 0.3 is 0 Å². The van der Waals surface area contributed by atoms with E-state index in [1.54, 1.807) is 37.7 Å². The molecule has 0 saturated carbocycles. The number of methoxy groups -OCH3 is 1. The smallest absolute Gasteiger partial charge is 0.243 e. The predicted molar refractivity (Wildman–Crippen MR) is 126 cm³/mol. The Labute approximate surface area is 198 Å². The van der Waals surface area contributed by atoms with Gasteiger partial charge in [0.05, 0.1) is 17.9 Å². The van der Waals surface area contributed by atoms with Crippen LogP contribution in [0.4, 0.5) is 0 Å². The van der Waals surface area contributed by atoms with Crippen LogP contribution in [0, 0.1) is 5.92 Å². The standard InChI is InChI=1S/C24H24ClN3O4S/c1-32-23-7-3-2-6-20(23)21-15-28(33(30,31)19-10-8-18(25)9-11-19)16-22(21)24(29)27-14-17-5-4-12-26-13-17/h2-13,21-22H,14-16H2,1H3,(H,27,29). The first-order valence-electron chi connectivity index (χ1n) is 10.5. The minimum absolute atomic E-state index is 0.0621. The van der Waals surface area contributed by atoms with Crippen LogP contribution in [0.15, 0.2) is 78.0 Å². The molecule has 0 spiro atoms. The molecule has 2 aromatic carbocycles. The molecule has 1 aliphatic rings. The van der Waals surface area contributed by atoms with Crippen LogP contribution >= 0.6 is 11.6 Å². The van der Waals surface area contributed by atoms with Crippen LogP contribution in [0.5, 0.6) is 5.75 Å². The SMILES string of the molecule is COc1ccccc1C1CN(S(=O)(=O)c2ccc(Cl)cc2)CC1C(=O)NCc1cccnc1. The molecule has 1 aromatic heterocycles. The molecule has 2 unspecified atom stereocenters. The lowest BCUT2D eigenvalue weighted by Gasteiger charge is -2.20. The van der Waals surface area contributed by atoms with Crippen LogP contribution in [-0.2, 0) is 21.4 Å². The van der Waals surface area contributed by atoms with Crippen molar-refractivity contribution in [3.8, 4) is 5.75 Å². The molecule has 172 valence electrons. The van der Waals surface area contributed by atoms with Crippen molar-refractivity contribution in [2.75, 3.05) is 20.2 Å². The van der Waals surface area contributed by atoms with Crippen molar-refractivity contribution >= 4 is 27.5 Å². The fraction of sp³-hybridized carbons (Fsp3) is 0.250. The van der Waals surface area contributed by atoms with E-state index in [1.807, 2.05) is 30.3 Å². The first-order chi connectivity index (χ1) is 15.9. The number of carbonyl (C=O) groups is 1. The van der Waals surface area contributed by atoms with Crippen LogP contribution in [0.25, 0.3) is 0 Å². The molecule has 0 bridgehead atoms. The number of sulfonamides is 1. The zero-order valence-corrected chi connectivity index (χ0v) is 19.6. The van der Waals surface area contributed by atoms with Gasteiger partial charge in [-0.1, -0.05) is 35.9 Å². The number of hydrogen-bond acceptors (Lipinski definition) is 5. The highest BCUT2D eigenvalue weighted by atomic mass is 35.5. The summed E-state index contributed by atoms with van der Waals surface area (Å²) >= 11 is 5.93. The van der Waals surface area contributed by atoms with Crippen molar-refractivity contribution in [1.82, 2.24) is 14.6 Å². The Kier molecular flexibility index (Phi) is 6.97. The second-order valence-corrected chi connectivity index (χ2v) is 10.2. The Hall–Kier alpha value is -2.94. The van der Waals surface area contributed by atoms with Crippen molar-refractivity contribution < 1.29 is 17.9 Å². The molecule has 1 amide bonds. The summed E-state index contributed by atoms with van der Waals surface area (Å²) in [6.07, 6.45) is 3.35. The summed E-state index contributed by atoms with van der Waals surface area (Å²) in [7, 11) is -2.24. The van der Waals surface area contributed by atoms with E-state index >= 15 is 0 Å². The first kappa shape index (κ1) is 23.2. The number of pyridine rings is 1. The molecular formula is C24H24ClN3O4S. The zero-order chi connectivity index (χ0) is 23.4. The Bertz CT molecular complexity index is 1220. The topological polar surface area (TPSA) is 88.6 Å². The highest BCUT2D eigenvalue weighted by Crippen LogP contribution is 2.39. The summed E-state index contributed by atoms with van der Waals surface area (Å²) in [4.78, 5) is 17.4. The van der Waals surface area contributed by atoms with Gasteiger partial charge in [0, 0.05) is 43.0 Å². The third-order valence-electron chi connectivity index (χ3n) is 5.80. The van der Waals surface area contributed by atoms with Gasteiger partial charge in [-0.3, -0.25) is 9.78 Å². The lowest BCUT2D eigenvalue weighted by atomic mass is 9.87. The summed E-state index contributed by atoms with van der Waals surface area (Å²) in [5.41, 5.74) is 1.67. The van der Waals surface area contributed by atoms with Gasteiger partial charge in [0.25, 0.3) is 0 Å². The average Bonchev–Trinajstić information content (AvgIpc) is 3.30. The highest BCUT2D eigenvalue weighted by molar-refractivity contribution is 7.89. The number of ether oxygens (including phenoxy) is 1. The quantitative estimate of drug-likeness (QED) is 0.553. The monoisotopic (exact) mass is 485 g/mol. The lowest BCUT2D eigenvalue weighted by molar-refractivity contribution is -0.125. The zero-order valence-electron chi connectivity index (χ0n) is 18.0. The van der Waals surface area contributed by atoms with Crippen molar-refractivity contribution in [2.45, 2.75) is 17.4 Å². The Morgan fingerprint density at radius 3 is 2.58 bits per heavy atom. The van der Waals surface area contributed by atoms with E-state index in [4.69, 9.17) is 16.3 Å². The number of hydrogen-bond donors (Lipinski definition) is 1. The number of amides is 1. The average molecular weight is 486 g/mol. The summed E-state index contributed by atoms with van der Waals surface area (Å²) in [5.74, 6) is -0.543. The molecule has 4 rings (SSSR count). The first-order valence-corrected chi connectivity index (χ1v) is 12.3. The fourth-order valence-electron chi connectivity index (χ4n) is 4.10. The summed E-state index contributed by atoms with van der Waals surface area (Å²) in [6, 6.07) is 17.1. The van der Waals surface area contributed by atoms with Crippen molar-refractivity contribution in [3.63, 3.8) is 0 Å². The maximum absolute atomic E-state index is 13.3. The largest absolute Gasteiger partial charge is 0.496 e. The van der Waals surface area contributed by atoms with E-state index in [2.05, 4.69) is 10.3 Å². The van der Waals surface area contributed by atoms with Crippen LogP contribution in [0.2, 0.25) is 5.02 Å². The third-order valence-corrected chi connectivity index (χ3v) is 7.90. The van der Waals surface area contributed by atoms with Gasteiger partial charge in [0.2, 0.25) is 15.9 Å². The van der Waals surface area contributed by atoms with Gasteiger partial charge in [-0.05, 0) is 47.5 Å². The number of para-hydroxylation sites is 1. The molecule has 1 N–H and O–H groups in total. The van der Waals surface area contributed by atoms with Gasteiger partial charge in [-0.25, -0.2) is 8.42 Å². The van der Waals surface area contributed by atoms with Crippen molar-refractivity contribution in [2.24, 2.45) is 5.92 Å². The molecule has 3 aromatic rings. The van der Waals surface area contributed by atoms with Gasteiger partial charge in [-0.2, -0.15) is 4.31 Å². The normalized spacial score (nSPS) is 18.7. The number of aromatic nitrogens is 1. The minimum Gasteiger partial charge on any atom is -0.496 e. The Morgan fingerprint density at radius 2 is 1.88 bits per heavy atom. The van der Waals surface area contributed by atoms with E-state index in [9.17, 15) is 13.2 Å². The molecule has 7 nitrogen and oxygen atoms in total. The predicted octanol–water partition coefficient (Wildman–Crippen LogP) is 3.46. The number of nitrogens with zero attached hydrogens (tertiary/aromatic N) is 2. The molecular weight excluding hydrogens is 462 g/mol. The lowest BCUT2D eigenvalue weighted by Crippen LogP contribution is -2.35. The van der Waals surface area contributed by atoms with E-state index in [1.165, 1.54) is 16.4 Å². The second kappa shape index (κ2) is 9.91. The van der Waals surface area contributed by atoms with Crippen LogP contribution in [0.1, 0.15) is 17.0 Å². The van der Waals surface area contributed by atoms with Gasteiger partial charge in [0.15, 0.2) is 0 Å². The van der Waals surface area contributed by atoms with Gasteiger partial charge in [0.1, 0.15) is 5.75 Å². The maximum atomic E-state index is 13.3. The van der Waals surface area contributed by atoms with Gasteiger partial charge < -0.3 is 10.1 Å². The summed E-state index contributed by atoms with van der Waals surface area (Å²) in [5, 5.41) is 3.39. The molecule has 1 saturated heterocycles.